The molecule has 0 spiro atoms. The number of hydrogen-bond donors (Lipinski definition) is 3. The number of sulfone groups is 1. The summed E-state index contributed by atoms with van der Waals surface area (Å²) in [5, 5.41) is 15.1. The molecular weight excluding hydrogens is 958 g/mol. The minimum atomic E-state index is -6.03. The van der Waals surface area contributed by atoms with Gasteiger partial charge in [0.15, 0.2) is 0 Å². The topological polar surface area (TPSA) is 149 Å². The van der Waals surface area contributed by atoms with Crippen LogP contribution >= 0.6 is 30.9 Å². The Morgan fingerprint density at radius 1 is 0.868 bits per heavy atom. The minimum absolute atomic E-state index is 0.110. The Bertz CT molecular complexity index is 2670. The highest BCUT2D eigenvalue weighted by Crippen LogP contribution is 2.44. The fourth-order valence-corrected chi connectivity index (χ4v) is 12.2. The SMILES string of the molecule is CCO[P@@](=O)(NC(=O)c1ccc(N2CCN(Cc3ccccc3-c3ccc(Cl)cc3)CC2)cc1)c1ccc(NC(CCN2CCC(C(=O)O)CC2)CSc2ccccc2)c(S(=O)(=O)C(F)(F)F)c1. The molecule has 3 N–H and O–H groups in total. The maximum atomic E-state index is 14.5. The van der Waals surface area contributed by atoms with Crippen LogP contribution in [0.3, 0.4) is 0 Å². The van der Waals surface area contributed by atoms with Gasteiger partial charge in [-0.1, -0.05) is 66.2 Å². The van der Waals surface area contributed by atoms with Gasteiger partial charge in [-0.3, -0.25) is 24.1 Å². The number of carboxylic acid groups (broad SMARTS) is 1. The number of piperazine rings is 1. The first kappa shape index (κ1) is 51.0. The second kappa shape index (κ2) is 22.7. The second-order valence-corrected chi connectivity index (χ2v) is 22.3. The number of alkyl halides is 3. The average molecular weight is 1010 g/mol. The molecule has 0 bridgehead atoms. The van der Waals surface area contributed by atoms with Crippen molar-refractivity contribution in [2.24, 2.45) is 5.92 Å². The van der Waals surface area contributed by atoms with Gasteiger partial charge in [-0.25, -0.2) is 8.42 Å². The first-order valence-electron chi connectivity index (χ1n) is 22.4. The highest BCUT2D eigenvalue weighted by molar-refractivity contribution is 7.99. The van der Waals surface area contributed by atoms with Crippen LogP contribution in [0.2, 0.25) is 5.02 Å². The third-order valence-corrected chi connectivity index (χ3v) is 17.2. The number of anilines is 2. The lowest BCUT2D eigenvalue weighted by Gasteiger charge is -2.36. The summed E-state index contributed by atoms with van der Waals surface area (Å²) in [6.07, 6.45) is 1.31. The smallest absolute Gasteiger partial charge is 0.481 e. The summed E-state index contributed by atoms with van der Waals surface area (Å²) in [7, 11) is -10.6. The van der Waals surface area contributed by atoms with Gasteiger partial charge < -0.3 is 24.7 Å². The first-order valence-corrected chi connectivity index (χ1v) is 26.8. The Labute approximate surface area is 404 Å². The van der Waals surface area contributed by atoms with Crippen molar-refractivity contribution in [1.82, 2.24) is 14.9 Å². The van der Waals surface area contributed by atoms with Crippen molar-refractivity contribution in [3.05, 3.63) is 137 Å². The number of rotatable bonds is 19. The molecule has 1 amide bonds. The molecule has 19 heteroatoms. The number of piperidine rings is 1. The number of hydrogen-bond acceptors (Lipinski definition) is 11. The number of carbonyl (C=O) groups excluding carboxylic acids is 1. The highest BCUT2D eigenvalue weighted by atomic mass is 35.5. The van der Waals surface area contributed by atoms with E-state index in [1.54, 1.807) is 24.3 Å². The summed E-state index contributed by atoms with van der Waals surface area (Å²) in [5.41, 5.74) is -1.66. The fourth-order valence-electron chi connectivity index (χ4n) is 8.38. The number of benzene rings is 5. The Balaban J connectivity index is 1.05. The summed E-state index contributed by atoms with van der Waals surface area (Å²) in [5.74, 6) is -1.78. The van der Waals surface area contributed by atoms with Crippen LogP contribution in [0.1, 0.15) is 42.1 Å². The van der Waals surface area contributed by atoms with Gasteiger partial charge in [0.05, 0.1) is 23.5 Å². The molecule has 68 heavy (non-hydrogen) atoms. The van der Waals surface area contributed by atoms with E-state index in [-0.39, 0.29) is 17.9 Å². The second-order valence-electron chi connectivity index (χ2n) is 16.7. The van der Waals surface area contributed by atoms with Crippen molar-refractivity contribution in [3.63, 3.8) is 0 Å². The van der Waals surface area contributed by atoms with Crippen LogP contribution in [0.25, 0.3) is 11.1 Å². The van der Waals surface area contributed by atoms with Crippen molar-refractivity contribution < 1.29 is 45.4 Å². The van der Waals surface area contributed by atoms with Crippen LogP contribution in [-0.2, 0) is 30.3 Å². The molecule has 0 aromatic heterocycles. The lowest BCUT2D eigenvalue weighted by Crippen LogP contribution is -2.46. The first-order chi connectivity index (χ1) is 32.5. The summed E-state index contributed by atoms with van der Waals surface area (Å²) < 4.78 is 89.9. The monoisotopic (exact) mass is 1010 g/mol. The third kappa shape index (κ3) is 12.9. The van der Waals surface area contributed by atoms with Crippen LogP contribution in [0.4, 0.5) is 24.5 Å². The van der Waals surface area contributed by atoms with Gasteiger partial charge in [0, 0.05) is 72.2 Å². The van der Waals surface area contributed by atoms with Gasteiger partial charge in [-0.15, -0.1) is 11.8 Å². The molecule has 2 heterocycles. The standard InChI is InChI=1S/C49H54ClF3N5O7PS2/c1-2-65-66(62,55-47(59)36-14-18-41(19-15-36)58-30-28-57(29-31-58)33-38-8-6-7-11-44(38)35-12-16-39(50)17-13-35)42-20-21-45(46(32-42)68(63,64)49(51,52)53)54-40(34-67-43-9-4-3-5-10-43)24-27-56-25-22-37(23-26-56)48(60)61/h3-21,32,37,40,54H,2,22-31,33-34H2,1H3,(H,60,61)(H,55,59,62)/t40?,66-/m1/s1. The summed E-state index contributed by atoms with van der Waals surface area (Å²) in [6, 6.07) is 34.5. The number of nitrogens with one attached hydrogen (secondary N) is 2. The van der Waals surface area contributed by atoms with Gasteiger partial charge in [0.2, 0.25) is 0 Å². The minimum Gasteiger partial charge on any atom is -0.481 e. The quantitative estimate of drug-likeness (QED) is 0.0535. The van der Waals surface area contributed by atoms with Crippen LogP contribution in [0.15, 0.2) is 131 Å². The van der Waals surface area contributed by atoms with E-state index < -0.39 is 56.9 Å². The molecule has 1 unspecified atom stereocenters. The molecule has 12 nitrogen and oxygen atoms in total. The number of carboxylic acids is 1. The van der Waals surface area contributed by atoms with E-state index in [2.05, 4.69) is 37.2 Å². The zero-order valence-electron chi connectivity index (χ0n) is 37.4. The predicted octanol–water partition coefficient (Wildman–Crippen LogP) is 9.67. The lowest BCUT2D eigenvalue weighted by molar-refractivity contribution is -0.143. The molecule has 5 aromatic rings. The van der Waals surface area contributed by atoms with Crippen molar-refractivity contribution >= 4 is 69.3 Å². The maximum absolute atomic E-state index is 14.5. The van der Waals surface area contributed by atoms with E-state index >= 15 is 0 Å². The number of amides is 1. The maximum Gasteiger partial charge on any atom is 0.501 e. The molecule has 2 atom stereocenters. The Morgan fingerprint density at radius 3 is 2.18 bits per heavy atom. The van der Waals surface area contributed by atoms with Gasteiger partial charge in [0.1, 0.15) is 4.90 Å². The Morgan fingerprint density at radius 2 is 1.53 bits per heavy atom. The predicted molar refractivity (Wildman–Crippen MR) is 263 cm³/mol. The number of thioether (sulfide) groups is 1. The van der Waals surface area contributed by atoms with Crippen molar-refractivity contribution in [3.8, 4) is 11.1 Å². The highest BCUT2D eigenvalue weighted by Gasteiger charge is 2.49. The fraction of sp³-hybridized carbons (Fsp3) is 0.347. The van der Waals surface area contributed by atoms with Gasteiger partial charge in [0.25, 0.3) is 15.7 Å². The molecule has 5 aromatic carbocycles. The van der Waals surface area contributed by atoms with Crippen LogP contribution < -0.4 is 20.6 Å². The number of likely N-dealkylation sites (tertiary alicyclic amines) is 1. The molecule has 2 aliphatic heterocycles. The molecule has 2 aliphatic rings. The lowest BCUT2D eigenvalue weighted by atomic mass is 9.97. The summed E-state index contributed by atoms with van der Waals surface area (Å²) in [6.45, 7) is 6.60. The van der Waals surface area contributed by atoms with Gasteiger partial charge in [-0.05, 0) is 123 Å². The molecule has 362 valence electrons. The molecular formula is C49H54ClF3N5O7PS2. The Hall–Kier alpha value is -4.87. The molecule has 2 saturated heterocycles. The van der Waals surface area contributed by atoms with Crippen LogP contribution in [0, 0.1) is 5.92 Å². The molecule has 0 aliphatic carbocycles. The Kier molecular flexibility index (Phi) is 17.0. The van der Waals surface area contributed by atoms with Crippen LogP contribution in [0.5, 0.6) is 0 Å². The molecule has 0 radical (unpaired) electrons. The van der Waals surface area contributed by atoms with Gasteiger partial charge in [-0.2, -0.15) is 13.2 Å². The molecule has 7 rings (SSSR count). The number of nitrogens with zero attached hydrogens (tertiary/aromatic N) is 3. The number of aliphatic carboxylic acids is 1. The third-order valence-electron chi connectivity index (χ3n) is 12.2. The average Bonchev–Trinajstić information content (AvgIpc) is 3.33. The van der Waals surface area contributed by atoms with E-state index in [4.69, 9.17) is 16.1 Å². The summed E-state index contributed by atoms with van der Waals surface area (Å²) >= 11 is 7.56. The number of halogens is 4. The van der Waals surface area contributed by atoms with Gasteiger partial charge >= 0.3 is 19.0 Å². The number of carbonyl (C=O) groups is 2. The molecule has 0 saturated carbocycles. The largest absolute Gasteiger partial charge is 0.501 e. The van der Waals surface area contributed by atoms with E-state index in [0.717, 1.165) is 60.5 Å². The zero-order valence-corrected chi connectivity index (χ0v) is 40.7. The summed E-state index contributed by atoms with van der Waals surface area (Å²) in [4.78, 5) is 31.6. The van der Waals surface area contributed by atoms with E-state index in [0.29, 0.717) is 55.7 Å². The van der Waals surface area contributed by atoms with E-state index in [9.17, 15) is 40.8 Å². The van der Waals surface area contributed by atoms with Crippen molar-refractivity contribution in [2.75, 3.05) is 68.4 Å². The van der Waals surface area contributed by atoms with Crippen molar-refractivity contribution in [2.45, 2.75) is 54.1 Å². The normalized spacial score (nSPS) is 16.8. The van der Waals surface area contributed by atoms with E-state index in [1.165, 1.54) is 30.3 Å². The van der Waals surface area contributed by atoms with Crippen LogP contribution in [-0.4, -0.2) is 105 Å². The van der Waals surface area contributed by atoms with Crippen molar-refractivity contribution in [1.29, 1.82) is 0 Å². The molecule has 2 fully saturated rings. The zero-order chi connectivity index (χ0) is 48.5. The van der Waals surface area contributed by atoms with E-state index in [1.807, 2.05) is 66.7 Å².